The fourth-order valence-electron chi connectivity index (χ4n) is 1.65. The van der Waals surface area contributed by atoms with Gasteiger partial charge in [0.1, 0.15) is 5.75 Å². The molecule has 0 heterocycles. The first-order valence-corrected chi connectivity index (χ1v) is 6.21. The van der Waals surface area contributed by atoms with Gasteiger partial charge in [0.2, 0.25) is 5.91 Å². The van der Waals surface area contributed by atoms with E-state index in [0.29, 0.717) is 24.4 Å². The van der Waals surface area contributed by atoms with Crippen molar-refractivity contribution in [2.45, 2.75) is 25.7 Å². The lowest BCUT2D eigenvalue weighted by atomic mass is 10.2. The molecule has 0 bridgehead atoms. The number of benzene rings is 1. The number of ether oxygens (including phenoxy) is 1. The molecule has 0 saturated carbocycles. The first-order chi connectivity index (χ1) is 9.27. The second-order valence-corrected chi connectivity index (χ2v) is 4.01. The van der Waals surface area contributed by atoms with Crippen molar-refractivity contribution in [2.75, 3.05) is 19.0 Å². The maximum Gasteiger partial charge on any atom is 0.224 e. The Hall–Kier alpha value is -2.20. The topological polar surface area (TPSA) is 87.1 Å². The number of methoxy groups -OCH3 is 1. The molecule has 0 atom stereocenters. The summed E-state index contributed by atoms with van der Waals surface area (Å²) in [5, 5.41) is 6.26. The fraction of sp³-hybridized carbons (Fsp3) is 0.462. The summed E-state index contributed by atoms with van der Waals surface area (Å²) in [6, 6.07) is 7.30. The molecule has 6 nitrogen and oxygen atoms in total. The van der Waals surface area contributed by atoms with E-state index in [2.05, 4.69) is 15.3 Å². The third-order valence-electron chi connectivity index (χ3n) is 2.61. The molecule has 1 rings (SSSR count). The van der Waals surface area contributed by atoms with Gasteiger partial charge in [0, 0.05) is 17.9 Å². The Morgan fingerprint density at radius 2 is 2.16 bits per heavy atom. The lowest BCUT2D eigenvalue weighted by molar-refractivity contribution is -0.116. The minimum Gasteiger partial charge on any atom is -0.495 e. The summed E-state index contributed by atoms with van der Waals surface area (Å²) in [5.41, 5.74) is 8.79. The summed E-state index contributed by atoms with van der Waals surface area (Å²) in [6.45, 7) is 0.491. The number of nitrogens with zero attached hydrogens (tertiary/aromatic N) is 3. The van der Waals surface area contributed by atoms with Gasteiger partial charge in [-0.3, -0.25) is 4.79 Å². The molecular weight excluding hydrogens is 244 g/mol. The lowest BCUT2D eigenvalue weighted by Gasteiger charge is -2.09. The molecule has 0 spiro atoms. The number of azide groups is 1. The van der Waals surface area contributed by atoms with Crippen LogP contribution in [0.1, 0.15) is 25.7 Å². The van der Waals surface area contributed by atoms with Crippen molar-refractivity contribution in [1.82, 2.24) is 0 Å². The van der Waals surface area contributed by atoms with E-state index >= 15 is 0 Å². The van der Waals surface area contributed by atoms with Gasteiger partial charge in [-0.05, 0) is 30.5 Å². The number of unbranched alkanes of at least 4 members (excludes halogenated alkanes) is 2. The maximum absolute atomic E-state index is 11.7. The standard InChI is InChI=1S/C13H18N4O2/c1-19-12-8-5-4-7-11(12)16-13(18)9-3-2-6-10-15-17-14/h4-5,7-8H,2-3,6,9-10H2,1H3,(H,16,18). The second kappa shape index (κ2) is 8.83. The van der Waals surface area contributed by atoms with Crippen molar-refractivity contribution in [1.29, 1.82) is 0 Å². The number of hydrogen-bond acceptors (Lipinski definition) is 3. The molecule has 1 amide bonds. The Balaban J connectivity index is 2.29. The minimum absolute atomic E-state index is 0.0340. The monoisotopic (exact) mass is 262 g/mol. The van der Waals surface area contributed by atoms with Crippen molar-refractivity contribution in [2.24, 2.45) is 5.11 Å². The van der Waals surface area contributed by atoms with Gasteiger partial charge >= 0.3 is 0 Å². The van der Waals surface area contributed by atoms with Crippen LogP contribution in [0, 0.1) is 0 Å². The van der Waals surface area contributed by atoms with Crippen LogP contribution in [0.5, 0.6) is 5.75 Å². The minimum atomic E-state index is -0.0340. The van der Waals surface area contributed by atoms with Gasteiger partial charge in [0.25, 0.3) is 0 Å². The van der Waals surface area contributed by atoms with Gasteiger partial charge in [0.15, 0.2) is 0 Å². The summed E-state index contributed by atoms with van der Waals surface area (Å²) in [6.07, 6.45) is 2.92. The Morgan fingerprint density at radius 1 is 1.37 bits per heavy atom. The lowest BCUT2D eigenvalue weighted by Crippen LogP contribution is -2.11. The highest BCUT2D eigenvalue weighted by Crippen LogP contribution is 2.23. The maximum atomic E-state index is 11.7. The molecule has 102 valence electrons. The van der Waals surface area contributed by atoms with Crippen molar-refractivity contribution < 1.29 is 9.53 Å². The molecule has 0 aromatic heterocycles. The summed E-state index contributed by atoms with van der Waals surface area (Å²) in [7, 11) is 1.57. The number of nitrogens with one attached hydrogen (secondary N) is 1. The predicted octanol–water partition coefficient (Wildman–Crippen LogP) is 3.50. The number of rotatable bonds is 8. The third kappa shape index (κ3) is 5.79. The Bertz CT molecular complexity index is 456. The van der Waals surface area contributed by atoms with E-state index in [1.54, 1.807) is 19.2 Å². The molecule has 0 aliphatic rings. The average Bonchev–Trinajstić information content (AvgIpc) is 2.43. The van der Waals surface area contributed by atoms with Crippen LogP contribution in [0.25, 0.3) is 10.4 Å². The number of carbonyl (C=O) groups is 1. The van der Waals surface area contributed by atoms with Gasteiger partial charge in [-0.25, -0.2) is 0 Å². The average molecular weight is 262 g/mol. The number of carbonyl (C=O) groups excluding carboxylic acids is 1. The van der Waals surface area contributed by atoms with Crippen LogP contribution >= 0.6 is 0 Å². The number of hydrogen-bond donors (Lipinski definition) is 1. The van der Waals surface area contributed by atoms with E-state index in [1.807, 2.05) is 12.1 Å². The van der Waals surface area contributed by atoms with Gasteiger partial charge in [-0.2, -0.15) is 0 Å². The number of amides is 1. The molecule has 0 aliphatic carbocycles. The summed E-state index contributed by atoms with van der Waals surface area (Å²) < 4.78 is 5.15. The van der Waals surface area contributed by atoms with Crippen LogP contribution in [-0.2, 0) is 4.79 Å². The van der Waals surface area contributed by atoms with E-state index in [9.17, 15) is 4.79 Å². The van der Waals surface area contributed by atoms with Crippen molar-refractivity contribution >= 4 is 11.6 Å². The van der Waals surface area contributed by atoms with E-state index in [-0.39, 0.29) is 5.91 Å². The first-order valence-electron chi connectivity index (χ1n) is 6.21. The zero-order valence-corrected chi connectivity index (χ0v) is 11.0. The number of para-hydroxylation sites is 2. The SMILES string of the molecule is COc1ccccc1NC(=O)CCCCCN=[N+]=[N-]. The van der Waals surface area contributed by atoms with Gasteiger partial charge in [-0.15, -0.1) is 0 Å². The van der Waals surface area contributed by atoms with Crippen LogP contribution in [0.4, 0.5) is 5.69 Å². The highest BCUT2D eigenvalue weighted by atomic mass is 16.5. The molecular formula is C13H18N4O2. The van der Waals surface area contributed by atoms with Crippen LogP contribution < -0.4 is 10.1 Å². The second-order valence-electron chi connectivity index (χ2n) is 4.01. The van der Waals surface area contributed by atoms with E-state index in [0.717, 1.165) is 19.3 Å². The molecule has 0 radical (unpaired) electrons. The fourth-order valence-corrected chi connectivity index (χ4v) is 1.65. The first kappa shape index (κ1) is 14.9. The summed E-state index contributed by atoms with van der Waals surface area (Å²) >= 11 is 0. The zero-order valence-electron chi connectivity index (χ0n) is 11.0. The normalized spacial score (nSPS) is 9.53. The molecule has 1 aromatic rings. The van der Waals surface area contributed by atoms with Crippen LogP contribution in [0.3, 0.4) is 0 Å². The highest BCUT2D eigenvalue weighted by Gasteiger charge is 2.06. The molecule has 1 N–H and O–H groups in total. The van der Waals surface area contributed by atoms with E-state index in [1.165, 1.54) is 0 Å². The van der Waals surface area contributed by atoms with E-state index in [4.69, 9.17) is 10.3 Å². The highest BCUT2D eigenvalue weighted by molar-refractivity contribution is 5.92. The molecule has 0 aliphatic heterocycles. The molecule has 19 heavy (non-hydrogen) atoms. The summed E-state index contributed by atoms with van der Waals surface area (Å²) in [5.74, 6) is 0.618. The van der Waals surface area contributed by atoms with Gasteiger partial charge in [0.05, 0.1) is 12.8 Å². The Kier molecular flexibility index (Phi) is 6.90. The zero-order chi connectivity index (χ0) is 13.9. The van der Waals surface area contributed by atoms with Gasteiger partial charge < -0.3 is 10.1 Å². The van der Waals surface area contributed by atoms with E-state index < -0.39 is 0 Å². The van der Waals surface area contributed by atoms with Crippen molar-refractivity contribution in [3.8, 4) is 5.75 Å². The third-order valence-corrected chi connectivity index (χ3v) is 2.61. The Labute approximate surface area is 112 Å². The smallest absolute Gasteiger partial charge is 0.224 e. The van der Waals surface area contributed by atoms with Gasteiger partial charge in [-0.1, -0.05) is 23.7 Å². The molecule has 0 unspecified atom stereocenters. The molecule has 0 fully saturated rings. The van der Waals surface area contributed by atoms with Crippen LogP contribution in [0.2, 0.25) is 0 Å². The number of anilines is 1. The molecule has 1 aromatic carbocycles. The summed E-state index contributed by atoms with van der Waals surface area (Å²) in [4.78, 5) is 14.4. The largest absolute Gasteiger partial charge is 0.495 e. The van der Waals surface area contributed by atoms with Crippen LogP contribution in [-0.4, -0.2) is 19.6 Å². The molecule has 0 saturated heterocycles. The van der Waals surface area contributed by atoms with Crippen molar-refractivity contribution in [3.63, 3.8) is 0 Å². The predicted molar refractivity (Wildman–Crippen MR) is 74.1 cm³/mol. The quantitative estimate of drug-likeness (QED) is 0.336. The van der Waals surface area contributed by atoms with Crippen molar-refractivity contribution in [3.05, 3.63) is 34.7 Å². The molecule has 6 heteroatoms. The van der Waals surface area contributed by atoms with Crippen LogP contribution in [0.15, 0.2) is 29.4 Å². The Morgan fingerprint density at radius 3 is 2.89 bits per heavy atom.